The Labute approximate surface area is 298 Å². The minimum atomic E-state index is -1.01. The molecule has 0 unspecified atom stereocenters. The summed E-state index contributed by atoms with van der Waals surface area (Å²) in [5.41, 5.74) is 2.65. The maximum atomic E-state index is 13.7. The number of nitrogens with zero attached hydrogens (tertiary/aromatic N) is 5. The van der Waals surface area contributed by atoms with Gasteiger partial charge >= 0.3 is 0 Å². The number of halogens is 2. The molecule has 5 aromatic rings. The first-order chi connectivity index (χ1) is 25.0. The lowest BCUT2D eigenvalue weighted by Gasteiger charge is -2.29. The van der Waals surface area contributed by atoms with Gasteiger partial charge in [0.15, 0.2) is 11.6 Å². The summed E-state index contributed by atoms with van der Waals surface area (Å²) in [7, 11) is 5.22. The Morgan fingerprint density at radius 1 is 1.00 bits per heavy atom. The molecule has 3 aromatic carbocycles. The molecule has 2 aromatic heterocycles. The second-order valence-corrected chi connectivity index (χ2v) is 12.6. The minimum absolute atomic E-state index is 0.0186. The number of piperidine rings is 1. The van der Waals surface area contributed by atoms with Crippen molar-refractivity contribution in [2.45, 2.75) is 32.4 Å². The number of fused-ring (bicyclic) bond motifs is 1. The molecule has 2 amide bonds. The second kappa shape index (κ2) is 15.4. The van der Waals surface area contributed by atoms with Crippen molar-refractivity contribution in [3.05, 3.63) is 111 Å². The molecule has 6 rings (SSSR count). The molecule has 12 nitrogen and oxygen atoms in total. The van der Waals surface area contributed by atoms with Crippen LogP contribution in [0.4, 0.5) is 20.4 Å². The zero-order valence-corrected chi connectivity index (χ0v) is 29.2. The van der Waals surface area contributed by atoms with Crippen LogP contribution in [0.25, 0.3) is 10.9 Å². The van der Waals surface area contributed by atoms with Crippen LogP contribution in [-0.4, -0.2) is 75.9 Å². The van der Waals surface area contributed by atoms with Crippen LogP contribution in [0.5, 0.6) is 5.75 Å². The van der Waals surface area contributed by atoms with Gasteiger partial charge in [-0.05, 0) is 87.9 Å². The summed E-state index contributed by atoms with van der Waals surface area (Å²) in [5, 5.41) is 9.70. The maximum Gasteiger partial charge on any atom is 0.280 e. The van der Waals surface area contributed by atoms with Crippen LogP contribution in [0, 0.1) is 30.4 Å². The third kappa shape index (κ3) is 7.95. The van der Waals surface area contributed by atoms with E-state index < -0.39 is 23.1 Å². The SMILES string of the molecule is COc1cc(Nc2ncc3cc(C#CCNC(=O)c4c(C)n(C)n(Cc5ccc(F)c(F)c5)c4=O)ccc3n2)ccc1C(=O)NC1CCN(C)CC1. The van der Waals surface area contributed by atoms with E-state index in [1.165, 1.54) is 22.5 Å². The predicted octanol–water partition coefficient (Wildman–Crippen LogP) is 4.12. The number of amides is 2. The van der Waals surface area contributed by atoms with E-state index in [-0.39, 0.29) is 30.6 Å². The van der Waals surface area contributed by atoms with Gasteiger partial charge in [0.2, 0.25) is 5.95 Å². The Morgan fingerprint density at radius 3 is 2.54 bits per heavy atom. The summed E-state index contributed by atoms with van der Waals surface area (Å²) in [6.07, 6.45) is 3.48. The molecule has 1 saturated heterocycles. The number of hydrogen-bond donors (Lipinski definition) is 3. The van der Waals surface area contributed by atoms with E-state index in [1.807, 2.05) is 12.1 Å². The van der Waals surface area contributed by atoms with E-state index in [1.54, 1.807) is 44.4 Å². The van der Waals surface area contributed by atoms with Gasteiger partial charge in [-0.3, -0.25) is 19.1 Å². The van der Waals surface area contributed by atoms with Crippen molar-refractivity contribution in [3.63, 3.8) is 0 Å². The molecular formula is C38H38F2N8O4. The summed E-state index contributed by atoms with van der Waals surface area (Å²) in [6, 6.07) is 14.2. The average molecular weight is 709 g/mol. The number of ether oxygens (including phenoxy) is 1. The van der Waals surface area contributed by atoms with Gasteiger partial charge in [0.05, 0.1) is 31.3 Å². The zero-order valence-electron chi connectivity index (χ0n) is 29.2. The van der Waals surface area contributed by atoms with E-state index in [0.717, 1.165) is 43.5 Å². The highest BCUT2D eigenvalue weighted by atomic mass is 19.2. The van der Waals surface area contributed by atoms with Crippen LogP contribution in [0.15, 0.2) is 65.6 Å². The fourth-order valence-corrected chi connectivity index (χ4v) is 6.05. The first-order valence-electron chi connectivity index (χ1n) is 16.7. The average Bonchev–Trinajstić information content (AvgIpc) is 3.34. The number of hydrogen-bond acceptors (Lipinski definition) is 8. The standard InChI is InChI=1S/C38H38F2N8O4/c1-23-34(37(51)48(47(23)3)22-25-7-11-30(39)31(40)19-25)36(50)41-15-5-6-24-8-12-32-26(18-24)21-42-38(45-32)44-28-9-10-29(33(20-28)52-4)35(49)43-27-13-16-46(2)17-14-27/h7-12,18-21,27H,13-17,22H2,1-4H3,(H,41,50)(H,43,49)(H,42,44,45). The van der Waals surface area contributed by atoms with Crippen molar-refractivity contribution >= 4 is 34.4 Å². The number of carbonyl (C=O) groups excluding carboxylic acids is 2. The van der Waals surface area contributed by atoms with Crippen LogP contribution >= 0.6 is 0 Å². The third-order valence-electron chi connectivity index (χ3n) is 9.11. The lowest BCUT2D eigenvalue weighted by molar-refractivity contribution is 0.0912. The molecule has 3 heterocycles. The molecule has 0 spiro atoms. The zero-order chi connectivity index (χ0) is 36.9. The summed E-state index contributed by atoms with van der Waals surface area (Å²) in [4.78, 5) is 50.3. The van der Waals surface area contributed by atoms with E-state index in [0.29, 0.717) is 45.3 Å². The quantitative estimate of drug-likeness (QED) is 0.195. The maximum absolute atomic E-state index is 13.7. The number of rotatable bonds is 9. The summed E-state index contributed by atoms with van der Waals surface area (Å²) in [5.74, 6) is 3.94. The predicted molar refractivity (Wildman–Crippen MR) is 193 cm³/mol. The van der Waals surface area contributed by atoms with Crippen LogP contribution in [0.2, 0.25) is 0 Å². The topological polar surface area (TPSA) is 135 Å². The van der Waals surface area contributed by atoms with Gasteiger partial charge in [-0.2, -0.15) is 0 Å². The monoisotopic (exact) mass is 708 g/mol. The Hall–Kier alpha value is -6.07. The molecule has 52 heavy (non-hydrogen) atoms. The molecular weight excluding hydrogens is 670 g/mol. The van der Waals surface area contributed by atoms with Gasteiger partial charge in [0, 0.05) is 47.7 Å². The summed E-state index contributed by atoms with van der Waals surface area (Å²) >= 11 is 0. The second-order valence-electron chi connectivity index (χ2n) is 12.6. The molecule has 1 aliphatic heterocycles. The third-order valence-corrected chi connectivity index (χ3v) is 9.11. The molecule has 0 radical (unpaired) electrons. The molecule has 3 N–H and O–H groups in total. The van der Waals surface area contributed by atoms with E-state index in [2.05, 4.69) is 49.7 Å². The fourth-order valence-electron chi connectivity index (χ4n) is 6.05. The first kappa shape index (κ1) is 35.7. The largest absolute Gasteiger partial charge is 0.496 e. The number of benzene rings is 3. The Morgan fingerprint density at radius 2 is 1.79 bits per heavy atom. The molecule has 14 heteroatoms. The van der Waals surface area contributed by atoms with Crippen LogP contribution in [0.1, 0.15) is 50.4 Å². The minimum Gasteiger partial charge on any atom is -0.496 e. The van der Waals surface area contributed by atoms with E-state index >= 15 is 0 Å². The highest BCUT2D eigenvalue weighted by Gasteiger charge is 2.23. The number of methoxy groups -OCH3 is 1. The highest BCUT2D eigenvalue weighted by molar-refractivity contribution is 5.98. The number of likely N-dealkylation sites (tertiary alicyclic amines) is 1. The fraction of sp³-hybridized carbons (Fsp3) is 0.289. The molecule has 0 atom stereocenters. The van der Waals surface area contributed by atoms with Gasteiger partial charge in [0.25, 0.3) is 17.4 Å². The Bertz CT molecular complexity index is 2280. The molecule has 1 aliphatic rings. The summed E-state index contributed by atoms with van der Waals surface area (Å²) in [6.45, 7) is 3.47. The highest BCUT2D eigenvalue weighted by Crippen LogP contribution is 2.26. The van der Waals surface area contributed by atoms with Crippen LogP contribution in [0.3, 0.4) is 0 Å². The molecule has 1 fully saturated rings. The van der Waals surface area contributed by atoms with Crippen molar-refractivity contribution in [2.75, 3.05) is 39.1 Å². The molecule has 0 aliphatic carbocycles. The van der Waals surface area contributed by atoms with Gasteiger partial charge in [-0.1, -0.05) is 17.9 Å². The Kier molecular flexibility index (Phi) is 10.6. The smallest absolute Gasteiger partial charge is 0.280 e. The van der Waals surface area contributed by atoms with Crippen molar-refractivity contribution in [1.82, 2.24) is 34.9 Å². The first-order valence-corrected chi connectivity index (χ1v) is 16.7. The molecule has 268 valence electrons. The molecule has 0 bridgehead atoms. The number of carbonyl (C=O) groups is 2. The van der Waals surface area contributed by atoms with E-state index in [9.17, 15) is 23.2 Å². The lowest BCUT2D eigenvalue weighted by Crippen LogP contribution is -2.43. The molecule has 0 saturated carbocycles. The van der Waals surface area contributed by atoms with Gasteiger partial charge < -0.3 is 25.6 Å². The van der Waals surface area contributed by atoms with Crippen molar-refractivity contribution in [3.8, 4) is 17.6 Å². The summed E-state index contributed by atoms with van der Waals surface area (Å²) < 4.78 is 35.4. The van der Waals surface area contributed by atoms with Crippen molar-refractivity contribution in [2.24, 2.45) is 7.05 Å². The van der Waals surface area contributed by atoms with Gasteiger partial charge in [-0.25, -0.2) is 23.4 Å². The van der Waals surface area contributed by atoms with E-state index in [4.69, 9.17) is 4.74 Å². The normalized spacial score (nSPS) is 13.3. The number of aromatic nitrogens is 4. The number of anilines is 2. The lowest BCUT2D eigenvalue weighted by atomic mass is 10.0. The van der Waals surface area contributed by atoms with Gasteiger partial charge in [-0.15, -0.1) is 0 Å². The van der Waals surface area contributed by atoms with Crippen LogP contribution in [-0.2, 0) is 13.6 Å². The van der Waals surface area contributed by atoms with Crippen molar-refractivity contribution in [1.29, 1.82) is 0 Å². The van der Waals surface area contributed by atoms with Crippen LogP contribution < -0.4 is 26.2 Å². The Balaban J connectivity index is 1.07. The number of nitrogens with one attached hydrogen (secondary N) is 3. The van der Waals surface area contributed by atoms with Gasteiger partial charge in [0.1, 0.15) is 11.3 Å². The van der Waals surface area contributed by atoms with Crippen molar-refractivity contribution < 1.29 is 23.1 Å².